The smallest absolute Gasteiger partial charge is 0.241 e. The van der Waals surface area contributed by atoms with Crippen LogP contribution in [0, 0.1) is 0 Å². The lowest BCUT2D eigenvalue weighted by Crippen LogP contribution is -2.40. The van der Waals surface area contributed by atoms with Gasteiger partial charge in [-0.15, -0.1) is 0 Å². The number of nitrogens with zero attached hydrogens (tertiary/aromatic N) is 1. The van der Waals surface area contributed by atoms with Gasteiger partial charge in [-0.05, 0) is 30.4 Å². The second-order valence-electron chi connectivity index (χ2n) is 5.73. The van der Waals surface area contributed by atoms with E-state index in [1.807, 2.05) is 41.3 Å². The fourth-order valence-corrected chi connectivity index (χ4v) is 3.70. The van der Waals surface area contributed by atoms with E-state index in [0.29, 0.717) is 0 Å². The molecule has 1 saturated heterocycles. The van der Waals surface area contributed by atoms with E-state index in [9.17, 15) is 4.79 Å². The van der Waals surface area contributed by atoms with E-state index in [1.165, 1.54) is 12.0 Å². The number of carbonyl (C=O) groups excluding carboxylic acids is 1. The number of likely N-dealkylation sites (tertiary alicyclic amines) is 1. The molecule has 3 heteroatoms. The number of carbonyl (C=O) groups is 1. The summed E-state index contributed by atoms with van der Waals surface area (Å²) in [7, 11) is 0. The van der Waals surface area contributed by atoms with Crippen molar-refractivity contribution in [2.45, 2.75) is 30.1 Å². The van der Waals surface area contributed by atoms with Crippen LogP contribution in [0.1, 0.15) is 41.3 Å². The molecule has 2 unspecified atom stereocenters. The molecule has 0 aromatic heterocycles. The molecule has 114 valence electrons. The summed E-state index contributed by atoms with van der Waals surface area (Å²) in [4.78, 5) is 14.7. The van der Waals surface area contributed by atoms with Crippen LogP contribution in [0.2, 0.25) is 0 Å². The van der Waals surface area contributed by atoms with Gasteiger partial charge in [0.15, 0.2) is 0 Å². The third-order valence-electron chi connectivity index (χ3n) is 4.28. The highest BCUT2D eigenvalue weighted by Crippen LogP contribution is 2.35. The van der Waals surface area contributed by atoms with Crippen molar-refractivity contribution < 1.29 is 4.79 Å². The zero-order valence-electron chi connectivity index (χ0n) is 12.5. The Balaban J connectivity index is 1.83. The molecule has 1 amide bonds. The van der Waals surface area contributed by atoms with Crippen molar-refractivity contribution in [1.82, 2.24) is 4.90 Å². The maximum absolute atomic E-state index is 13.0. The Hall–Kier alpha value is -1.61. The zero-order chi connectivity index (χ0) is 15.4. The highest BCUT2D eigenvalue weighted by molar-refractivity contribution is 9.09. The van der Waals surface area contributed by atoms with Gasteiger partial charge in [0, 0.05) is 6.54 Å². The van der Waals surface area contributed by atoms with Gasteiger partial charge >= 0.3 is 0 Å². The molecule has 2 aromatic carbocycles. The lowest BCUT2D eigenvalue weighted by Gasteiger charge is -2.37. The number of rotatable bonds is 3. The monoisotopic (exact) mass is 357 g/mol. The highest BCUT2D eigenvalue weighted by Gasteiger charge is 2.31. The molecule has 2 atom stereocenters. The molecule has 2 aromatic rings. The van der Waals surface area contributed by atoms with Crippen molar-refractivity contribution in [3.05, 3.63) is 71.8 Å². The average Bonchev–Trinajstić information content (AvgIpc) is 2.62. The van der Waals surface area contributed by atoms with Gasteiger partial charge in [-0.1, -0.05) is 76.6 Å². The molecule has 1 aliphatic heterocycles. The fraction of sp³-hybridized carbons (Fsp3) is 0.316. The summed E-state index contributed by atoms with van der Waals surface area (Å²) < 4.78 is 0. The van der Waals surface area contributed by atoms with E-state index < -0.39 is 0 Å². The van der Waals surface area contributed by atoms with E-state index in [4.69, 9.17) is 0 Å². The quantitative estimate of drug-likeness (QED) is 0.717. The van der Waals surface area contributed by atoms with Crippen LogP contribution in [0.3, 0.4) is 0 Å². The van der Waals surface area contributed by atoms with Crippen molar-refractivity contribution in [2.75, 3.05) is 6.54 Å². The molecule has 0 N–H and O–H groups in total. The van der Waals surface area contributed by atoms with Crippen LogP contribution < -0.4 is 0 Å². The largest absolute Gasteiger partial charge is 0.334 e. The van der Waals surface area contributed by atoms with E-state index >= 15 is 0 Å². The number of amides is 1. The van der Waals surface area contributed by atoms with Crippen molar-refractivity contribution in [1.29, 1.82) is 0 Å². The van der Waals surface area contributed by atoms with Crippen LogP contribution in [-0.2, 0) is 4.79 Å². The number of benzene rings is 2. The second-order valence-corrected chi connectivity index (χ2v) is 6.64. The first-order chi connectivity index (χ1) is 10.8. The Kier molecular flexibility index (Phi) is 4.94. The summed E-state index contributed by atoms with van der Waals surface area (Å²) >= 11 is 3.60. The van der Waals surface area contributed by atoms with Crippen LogP contribution in [0.5, 0.6) is 0 Å². The van der Waals surface area contributed by atoms with Crippen LogP contribution in [0.4, 0.5) is 0 Å². The molecule has 1 aliphatic rings. The second kappa shape index (κ2) is 7.10. The summed E-state index contributed by atoms with van der Waals surface area (Å²) in [5.41, 5.74) is 2.26. The minimum absolute atomic E-state index is 0.166. The summed E-state index contributed by atoms with van der Waals surface area (Å²) in [5, 5.41) is 0. The van der Waals surface area contributed by atoms with Crippen LogP contribution in [0.15, 0.2) is 60.7 Å². The molecule has 0 bridgehead atoms. The highest BCUT2D eigenvalue weighted by atomic mass is 79.9. The topological polar surface area (TPSA) is 20.3 Å². The van der Waals surface area contributed by atoms with E-state index in [-0.39, 0.29) is 16.8 Å². The van der Waals surface area contributed by atoms with Crippen LogP contribution in [-0.4, -0.2) is 17.4 Å². The van der Waals surface area contributed by atoms with E-state index in [1.54, 1.807) is 0 Å². The van der Waals surface area contributed by atoms with E-state index in [2.05, 4.69) is 40.2 Å². The van der Waals surface area contributed by atoms with Crippen molar-refractivity contribution in [2.24, 2.45) is 0 Å². The van der Waals surface area contributed by atoms with Gasteiger partial charge in [0.2, 0.25) is 5.91 Å². The molecular formula is C19H20BrNO. The molecule has 0 aliphatic carbocycles. The Morgan fingerprint density at radius 1 is 1.00 bits per heavy atom. The Labute approximate surface area is 140 Å². The number of piperidine rings is 1. The van der Waals surface area contributed by atoms with E-state index in [0.717, 1.165) is 24.9 Å². The SMILES string of the molecule is O=C(C(Br)c1ccccc1)N1CCCCC1c1ccccc1. The Morgan fingerprint density at radius 2 is 1.64 bits per heavy atom. The number of hydrogen-bond donors (Lipinski definition) is 0. The third-order valence-corrected chi connectivity index (χ3v) is 5.20. The first-order valence-electron chi connectivity index (χ1n) is 7.82. The molecule has 1 fully saturated rings. The lowest BCUT2D eigenvalue weighted by atomic mass is 9.94. The molecule has 0 radical (unpaired) electrons. The third kappa shape index (κ3) is 3.25. The van der Waals surface area contributed by atoms with Crippen molar-refractivity contribution in [3.8, 4) is 0 Å². The maximum Gasteiger partial charge on any atom is 0.241 e. The lowest BCUT2D eigenvalue weighted by molar-refractivity contribution is -0.134. The number of alkyl halides is 1. The van der Waals surface area contributed by atoms with Crippen molar-refractivity contribution >= 4 is 21.8 Å². The molecule has 0 saturated carbocycles. The molecule has 22 heavy (non-hydrogen) atoms. The molecule has 2 nitrogen and oxygen atoms in total. The predicted octanol–water partition coefficient (Wildman–Crippen LogP) is 4.88. The van der Waals surface area contributed by atoms with Gasteiger partial charge in [0.05, 0.1) is 6.04 Å². The van der Waals surface area contributed by atoms with Gasteiger partial charge in [0.1, 0.15) is 4.83 Å². The molecular weight excluding hydrogens is 338 g/mol. The minimum Gasteiger partial charge on any atom is -0.334 e. The molecule has 1 heterocycles. The number of halogens is 1. The van der Waals surface area contributed by atoms with Crippen molar-refractivity contribution in [3.63, 3.8) is 0 Å². The van der Waals surface area contributed by atoms with Crippen LogP contribution in [0.25, 0.3) is 0 Å². The zero-order valence-corrected chi connectivity index (χ0v) is 14.1. The van der Waals surface area contributed by atoms with Gasteiger partial charge in [0.25, 0.3) is 0 Å². The Bertz CT molecular complexity index is 614. The predicted molar refractivity (Wildman–Crippen MR) is 92.9 cm³/mol. The molecule has 3 rings (SSSR count). The van der Waals surface area contributed by atoms with Crippen LogP contribution >= 0.6 is 15.9 Å². The average molecular weight is 358 g/mol. The maximum atomic E-state index is 13.0. The Morgan fingerprint density at radius 3 is 2.32 bits per heavy atom. The van der Waals surface area contributed by atoms with Gasteiger partial charge < -0.3 is 4.90 Å². The standard InChI is InChI=1S/C19H20BrNO/c20-18(16-11-5-2-6-12-16)19(22)21-14-8-7-13-17(21)15-9-3-1-4-10-15/h1-6,9-12,17-18H,7-8,13-14H2. The first kappa shape index (κ1) is 15.3. The first-order valence-corrected chi connectivity index (χ1v) is 8.73. The summed E-state index contributed by atoms with van der Waals surface area (Å²) in [5.74, 6) is 0.166. The van der Waals surface area contributed by atoms with Gasteiger partial charge in [-0.3, -0.25) is 4.79 Å². The summed E-state index contributed by atoms with van der Waals surface area (Å²) in [6, 6.07) is 20.5. The summed E-state index contributed by atoms with van der Waals surface area (Å²) in [6.45, 7) is 0.841. The van der Waals surface area contributed by atoms with Gasteiger partial charge in [-0.25, -0.2) is 0 Å². The molecule has 0 spiro atoms. The van der Waals surface area contributed by atoms with Gasteiger partial charge in [-0.2, -0.15) is 0 Å². The normalized spacial score (nSPS) is 19.7. The fourth-order valence-electron chi connectivity index (χ4n) is 3.13. The minimum atomic E-state index is -0.266. The summed E-state index contributed by atoms with van der Waals surface area (Å²) in [6.07, 6.45) is 3.31. The number of hydrogen-bond acceptors (Lipinski definition) is 1.